The number of aryl methyl sites for hydroxylation is 1. The van der Waals surface area contributed by atoms with Gasteiger partial charge in [0.05, 0.1) is 17.7 Å². The van der Waals surface area contributed by atoms with E-state index in [1.807, 2.05) is 19.1 Å². The summed E-state index contributed by atoms with van der Waals surface area (Å²) in [4.78, 5) is 12.8. The van der Waals surface area contributed by atoms with Crippen LogP contribution < -0.4 is 10.2 Å². The second-order valence-corrected chi connectivity index (χ2v) is 10.0. The molecule has 0 bridgehead atoms. The van der Waals surface area contributed by atoms with Crippen LogP contribution in [0.15, 0.2) is 71.2 Å². The van der Waals surface area contributed by atoms with E-state index in [4.69, 9.17) is 4.74 Å². The molecule has 1 saturated carbocycles. The normalized spacial score (nSPS) is 15.0. The number of hydrazone groups is 1. The molecule has 7 nitrogen and oxygen atoms in total. The predicted molar refractivity (Wildman–Crippen MR) is 130 cm³/mol. The molecule has 0 aliphatic heterocycles. The maximum atomic E-state index is 13.4. The summed E-state index contributed by atoms with van der Waals surface area (Å²) >= 11 is 0. The van der Waals surface area contributed by atoms with Crippen LogP contribution in [0.2, 0.25) is 0 Å². The van der Waals surface area contributed by atoms with Gasteiger partial charge in [0.1, 0.15) is 12.4 Å². The van der Waals surface area contributed by atoms with Crippen LogP contribution in [0.25, 0.3) is 0 Å². The number of carbonyl (C=O) groups excluding carboxylic acids is 1. The van der Waals surface area contributed by atoms with Gasteiger partial charge in [0.15, 0.2) is 0 Å². The third-order valence-corrected chi connectivity index (χ3v) is 7.47. The molecule has 1 fully saturated rings. The van der Waals surface area contributed by atoms with Gasteiger partial charge in [-0.2, -0.15) is 9.41 Å². The summed E-state index contributed by atoms with van der Waals surface area (Å²) in [6, 6.07) is 13.8. The molecule has 176 valence electrons. The van der Waals surface area contributed by atoms with E-state index >= 15 is 0 Å². The number of nitrogens with zero attached hydrogens (tertiary/aromatic N) is 2. The fourth-order valence-corrected chi connectivity index (χ4v) is 5.43. The minimum atomic E-state index is -3.80. The van der Waals surface area contributed by atoms with Gasteiger partial charge < -0.3 is 4.74 Å². The average molecular weight is 470 g/mol. The first kappa shape index (κ1) is 24.7. The first-order valence-electron chi connectivity index (χ1n) is 11.1. The number of benzene rings is 2. The number of ether oxygens (including phenoxy) is 1. The molecule has 3 rings (SSSR count). The van der Waals surface area contributed by atoms with Crippen molar-refractivity contribution in [3.63, 3.8) is 0 Å². The molecule has 0 aromatic heterocycles. The Labute approximate surface area is 196 Å². The smallest absolute Gasteiger partial charge is 0.255 e. The van der Waals surface area contributed by atoms with Gasteiger partial charge in [0.2, 0.25) is 10.0 Å². The zero-order valence-electron chi connectivity index (χ0n) is 18.9. The molecule has 0 unspecified atom stereocenters. The van der Waals surface area contributed by atoms with E-state index in [0.29, 0.717) is 12.4 Å². The van der Waals surface area contributed by atoms with Crippen molar-refractivity contribution >= 4 is 22.1 Å². The Morgan fingerprint density at radius 1 is 1.12 bits per heavy atom. The Bertz CT molecular complexity index is 1060. The lowest BCUT2D eigenvalue weighted by Crippen LogP contribution is -2.46. The molecule has 0 saturated heterocycles. The van der Waals surface area contributed by atoms with Crippen molar-refractivity contribution in [2.45, 2.75) is 50.0 Å². The van der Waals surface area contributed by atoms with Crippen LogP contribution in [0.4, 0.5) is 0 Å². The van der Waals surface area contributed by atoms with Crippen LogP contribution in [0.5, 0.6) is 5.75 Å². The van der Waals surface area contributed by atoms with Gasteiger partial charge >= 0.3 is 0 Å². The molecule has 2 aromatic rings. The van der Waals surface area contributed by atoms with E-state index in [2.05, 4.69) is 17.1 Å². The van der Waals surface area contributed by atoms with E-state index in [1.54, 1.807) is 42.5 Å². The Kier molecular flexibility index (Phi) is 8.79. The monoisotopic (exact) mass is 469 g/mol. The van der Waals surface area contributed by atoms with Crippen molar-refractivity contribution in [1.29, 1.82) is 0 Å². The molecule has 1 N–H and O–H groups in total. The number of rotatable bonds is 10. The average Bonchev–Trinajstić information content (AvgIpc) is 2.83. The molecular weight excluding hydrogens is 438 g/mol. The van der Waals surface area contributed by atoms with Crippen molar-refractivity contribution in [3.8, 4) is 5.75 Å². The number of carbonyl (C=O) groups is 1. The van der Waals surface area contributed by atoms with Gasteiger partial charge in [-0.1, -0.05) is 49.6 Å². The van der Waals surface area contributed by atoms with Gasteiger partial charge in [-0.05, 0) is 61.7 Å². The SMILES string of the molecule is C=CCOc1ccc(/C=N\NC(=O)CN(C2CCCCC2)S(=O)(=O)c2ccc(C)cc2)cc1. The topological polar surface area (TPSA) is 88.1 Å². The zero-order chi connectivity index (χ0) is 23.7. The highest BCUT2D eigenvalue weighted by Gasteiger charge is 2.33. The lowest BCUT2D eigenvalue weighted by Gasteiger charge is -2.32. The van der Waals surface area contributed by atoms with Crippen molar-refractivity contribution in [2.75, 3.05) is 13.2 Å². The number of sulfonamides is 1. The highest BCUT2D eigenvalue weighted by molar-refractivity contribution is 7.89. The van der Waals surface area contributed by atoms with Crippen molar-refractivity contribution in [3.05, 3.63) is 72.3 Å². The molecular formula is C25H31N3O4S. The van der Waals surface area contributed by atoms with Crippen LogP contribution in [0, 0.1) is 6.92 Å². The fourth-order valence-electron chi connectivity index (χ4n) is 3.79. The van der Waals surface area contributed by atoms with E-state index < -0.39 is 15.9 Å². The Morgan fingerprint density at radius 3 is 2.42 bits per heavy atom. The quantitative estimate of drug-likeness (QED) is 0.323. The lowest BCUT2D eigenvalue weighted by molar-refractivity contribution is -0.121. The van der Waals surface area contributed by atoms with Gasteiger partial charge in [0.25, 0.3) is 5.91 Å². The van der Waals surface area contributed by atoms with E-state index in [9.17, 15) is 13.2 Å². The first-order valence-corrected chi connectivity index (χ1v) is 12.6. The first-order chi connectivity index (χ1) is 15.9. The summed E-state index contributed by atoms with van der Waals surface area (Å²) in [5.74, 6) is 0.235. The molecule has 0 atom stereocenters. The second kappa shape index (κ2) is 11.8. The van der Waals surface area contributed by atoms with Crippen molar-refractivity contribution < 1.29 is 17.9 Å². The summed E-state index contributed by atoms with van der Waals surface area (Å²) in [7, 11) is -3.80. The zero-order valence-corrected chi connectivity index (χ0v) is 19.8. The Balaban J connectivity index is 1.67. The van der Waals surface area contributed by atoms with Crippen molar-refractivity contribution in [2.24, 2.45) is 5.10 Å². The number of hydrogen-bond acceptors (Lipinski definition) is 5. The van der Waals surface area contributed by atoms with Gasteiger partial charge in [-0.3, -0.25) is 4.79 Å². The third kappa shape index (κ3) is 7.00. The van der Waals surface area contributed by atoms with Crippen molar-refractivity contribution in [1.82, 2.24) is 9.73 Å². The second-order valence-electron chi connectivity index (χ2n) is 8.12. The highest BCUT2D eigenvalue weighted by atomic mass is 32.2. The molecule has 8 heteroatoms. The Hall–Kier alpha value is -2.97. The number of hydrogen-bond donors (Lipinski definition) is 1. The standard InChI is InChI=1S/C25H31N3O4S/c1-3-17-32-23-13-11-21(12-14-23)18-26-27-25(29)19-28(22-7-5-4-6-8-22)33(30,31)24-15-9-20(2)10-16-24/h3,9-16,18,22H,1,4-8,17,19H2,2H3,(H,27,29)/b26-18-. The van der Waals surface area contributed by atoms with Crippen LogP contribution in [0.1, 0.15) is 43.2 Å². The summed E-state index contributed by atoms with van der Waals surface area (Å²) in [6.45, 7) is 5.67. The fraction of sp³-hybridized carbons (Fsp3) is 0.360. The summed E-state index contributed by atoms with van der Waals surface area (Å²) in [5.41, 5.74) is 4.22. The molecule has 0 radical (unpaired) electrons. The summed E-state index contributed by atoms with van der Waals surface area (Å²) in [5, 5.41) is 3.99. The van der Waals surface area contributed by atoms with Gasteiger partial charge in [-0.25, -0.2) is 13.8 Å². The van der Waals surface area contributed by atoms with Crippen LogP contribution in [0.3, 0.4) is 0 Å². The number of nitrogens with one attached hydrogen (secondary N) is 1. The maximum absolute atomic E-state index is 13.4. The van der Waals surface area contributed by atoms with Crippen LogP contribution in [-0.2, 0) is 14.8 Å². The van der Waals surface area contributed by atoms with Crippen LogP contribution >= 0.6 is 0 Å². The van der Waals surface area contributed by atoms with Gasteiger partial charge in [-0.15, -0.1) is 0 Å². The van der Waals surface area contributed by atoms with E-state index in [1.165, 1.54) is 10.5 Å². The minimum absolute atomic E-state index is 0.192. The predicted octanol–water partition coefficient (Wildman–Crippen LogP) is 4.03. The van der Waals surface area contributed by atoms with E-state index in [-0.39, 0.29) is 17.5 Å². The Morgan fingerprint density at radius 2 is 1.79 bits per heavy atom. The molecule has 1 amide bonds. The van der Waals surface area contributed by atoms with Gasteiger partial charge in [0, 0.05) is 6.04 Å². The molecule has 0 heterocycles. The lowest BCUT2D eigenvalue weighted by atomic mass is 9.95. The maximum Gasteiger partial charge on any atom is 0.255 e. The molecule has 1 aliphatic rings. The minimum Gasteiger partial charge on any atom is -0.490 e. The summed E-state index contributed by atoms with van der Waals surface area (Å²) in [6.07, 6.45) is 7.68. The van der Waals surface area contributed by atoms with Crippen LogP contribution in [-0.4, -0.2) is 44.0 Å². The third-order valence-electron chi connectivity index (χ3n) is 5.56. The molecule has 1 aliphatic carbocycles. The summed E-state index contributed by atoms with van der Waals surface area (Å²) < 4.78 is 33.5. The largest absolute Gasteiger partial charge is 0.490 e. The molecule has 33 heavy (non-hydrogen) atoms. The molecule has 2 aromatic carbocycles. The highest BCUT2D eigenvalue weighted by Crippen LogP contribution is 2.27. The number of amides is 1. The molecule has 0 spiro atoms. The van der Waals surface area contributed by atoms with E-state index in [0.717, 1.165) is 43.2 Å².